The van der Waals surface area contributed by atoms with E-state index in [0.29, 0.717) is 18.1 Å². The average molecular weight is 404 g/mol. The van der Waals surface area contributed by atoms with Crippen LogP contribution in [-0.4, -0.2) is 39.9 Å². The molecule has 1 aromatic heterocycles. The van der Waals surface area contributed by atoms with Crippen molar-refractivity contribution in [2.75, 3.05) is 19.6 Å². The number of H-pyrrole nitrogens is 1. The lowest BCUT2D eigenvalue weighted by Crippen LogP contribution is -2.37. The van der Waals surface area contributed by atoms with Crippen LogP contribution in [0.4, 0.5) is 0 Å². The third kappa shape index (κ3) is 3.86. The number of carbonyl (C=O) groups is 1. The number of likely N-dealkylation sites (tertiary alicyclic amines) is 1. The van der Waals surface area contributed by atoms with Crippen molar-refractivity contribution >= 4 is 16.8 Å². The molecular formula is C25H29N3O2. The highest BCUT2D eigenvalue weighted by molar-refractivity contribution is 5.85. The van der Waals surface area contributed by atoms with Gasteiger partial charge in [-0.2, -0.15) is 0 Å². The molecule has 30 heavy (non-hydrogen) atoms. The van der Waals surface area contributed by atoms with Crippen molar-refractivity contribution in [3.63, 3.8) is 0 Å². The summed E-state index contributed by atoms with van der Waals surface area (Å²) in [6.07, 6.45) is 4.61. The van der Waals surface area contributed by atoms with E-state index >= 15 is 0 Å². The van der Waals surface area contributed by atoms with Gasteiger partial charge in [-0.1, -0.05) is 42.5 Å². The molecule has 0 spiro atoms. The van der Waals surface area contributed by atoms with E-state index in [1.807, 2.05) is 34.9 Å². The Hall–Kier alpha value is -2.66. The van der Waals surface area contributed by atoms with E-state index in [9.17, 15) is 9.59 Å². The van der Waals surface area contributed by atoms with E-state index in [4.69, 9.17) is 0 Å². The number of hydrogen-bond acceptors (Lipinski definition) is 3. The van der Waals surface area contributed by atoms with Gasteiger partial charge in [-0.25, -0.2) is 4.79 Å². The lowest BCUT2D eigenvalue weighted by atomic mass is 10.0. The highest BCUT2D eigenvalue weighted by atomic mass is 16.1. The minimum atomic E-state index is -0.00218. The maximum absolute atomic E-state index is 12.5. The lowest BCUT2D eigenvalue weighted by Gasteiger charge is -2.32. The van der Waals surface area contributed by atoms with Crippen LogP contribution >= 0.6 is 0 Å². The number of fused-ring (bicyclic) bond motifs is 1. The zero-order chi connectivity index (χ0) is 20.5. The van der Waals surface area contributed by atoms with Crippen LogP contribution in [0.3, 0.4) is 0 Å². The molecule has 2 heterocycles. The van der Waals surface area contributed by atoms with Crippen LogP contribution in [0.1, 0.15) is 49.6 Å². The summed E-state index contributed by atoms with van der Waals surface area (Å²) in [5.74, 6) is 1.12. The summed E-state index contributed by atoms with van der Waals surface area (Å²) in [5, 5.41) is 0. The van der Waals surface area contributed by atoms with Crippen LogP contribution in [0.25, 0.3) is 11.0 Å². The van der Waals surface area contributed by atoms with E-state index in [0.717, 1.165) is 56.4 Å². The fourth-order valence-electron chi connectivity index (χ4n) is 5.12. The van der Waals surface area contributed by atoms with Gasteiger partial charge in [0.25, 0.3) is 0 Å². The fraction of sp³-hybridized carbons (Fsp3) is 0.440. The van der Waals surface area contributed by atoms with Gasteiger partial charge >= 0.3 is 5.69 Å². The molecule has 3 aromatic rings. The number of para-hydroxylation sites is 2. The molecule has 1 N–H and O–H groups in total. The normalized spacial score (nSPS) is 22.4. The van der Waals surface area contributed by atoms with Gasteiger partial charge in [0, 0.05) is 31.5 Å². The summed E-state index contributed by atoms with van der Waals surface area (Å²) in [4.78, 5) is 30.4. The van der Waals surface area contributed by atoms with Crippen LogP contribution in [0.15, 0.2) is 59.4 Å². The van der Waals surface area contributed by atoms with Crippen molar-refractivity contribution in [1.82, 2.24) is 14.5 Å². The number of rotatable bonds is 7. The maximum atomic E-state index is 12.5. The monoisotopic (exact) mass is 403 g/mol. The van der Waals surface area contributed by atoms with Gasteiger partial charge < -0.3 is 9.88 Å². The fourth-order valence-corrected chi connectivity index (χ4v) is 5.12. The zero-order valence-corrected chi connectivity index (χ0v) is 17.3. The van der Waals surface area contributed by atoms with Gasteiger partial charge in [-0.15, -0.1) is 0 Å². The third-order valence-electron chi connectivity index (χ3n) is 6.88. The molecule has 5 heteroatoms. The molecule has 2 fully saturated rings. The molecule has 2 atom stereocenters. The Bertz CT molecular complexity index is 1080. The first-order valence-corrected chi connectivity index (χ1v) is 11.2. The molecule has 1 saturated carbocycles. The summed E-state index contributed by atoms with van der Waals surface area (Å²) in [7, 11) is 0. The Kier molecular flexibility index (Phi) is 5.30. The first-order valence-electron chi connectivity index (χ1n) is 11.2. The second-order valence-corrected chi connectivity index (χ2v) is 8.82. The average Bonchev–Trinajstić information content (AvgIpc) is 3.51. The van der Waals surface area contributed by atoms with Crippen LogP contribution in [0.2, 0.25) is 0 Å². The van der Waals surface area contributed by atoms with Crippen LogP contribution < -0.4 is 5.69 Å². The van der Waals surface area contributed by atoms with Crippen molar-refractivity contribution in [2.24, 2.45) is 5.92 Å². The van der Waals surface area contributed by atoms with E-state index < -0.39 is 0 Å². The summed E-state index contributed by atoms with van der Waals surface area (Å²) < 4.78 is 1.94. The standard InChI is InChI=1S/C25H29N3O2/c29-24(21-17-20(21)18-7-2-1-3-8-18)11-6-14-27-15-12-19(13-16-27)28-23-10-5-4-9-22(23)26-25(28)30/h1-5,7-10,19-21H,6,11-17H2,(H,26,30). The topological polar surface area (TPSA) is 58.1 Å². The predicted octanol–water partition coefficient (Wildman–Crippen LogP) is 4.12. The third-order valence-corrected chi connectivity index (χ3v) is 6.88. The Morgan fingerprint density at radius 1 is 1.00 bits per heavy atom. The molecule has 2 aliphatic rings. The number of aromatic nitrogens is 2. The summed E-state index contributed by atoms with van der Waals surface area (Å²) in [5.41, 5.74) is 3.23. The SMILES string of the molecule is O=C(CCCN1CCC(n2c(=O)[nH]c3ccccc32)CC1)C1CC1c1ccccc1. The van der Waals surface area contributed by atoms with E-state index in [1.54, 1.807) is 0 Å². The molecular weight excluding hydrogens is 374 g/mol. The molecule has 0 amide bonds. The molecule has 0 bridgehead atoms. The Balaban J connectivity index is 1.09. The highest BCUT2D eigenvalue weighted by Gasteiger charge is 2.42. The lowest BCUT2D eigenvalue weighted by molar-refractivity contribution is -0.120. The molecule has 5 rings (SSSR count). The number of carbonyl (C=O) groups excluding carboxylic acids is 1. The number of hydrogen-bond donors (Lipinski definition) is 1. The molecule has 5 nitrogen and oxygen atoms in total. The van der Waals surface area contributed by atoms with Crippen molar-refractivity contribution in [3.05, 3.63) is 70.6 Å². The van der Waals surface area contributed by atoms with Crippen molar-refractivity contribution < 1.29 is 4.79 Å². The number of nitrogens with one attached hydrogen (secondary N) is 1. The quantitative estimate of drug-likeness (QED) is 0.646. The molecule has 1 aliphatic heterocycles. The number of ketones is 1. The highest BCUT2D eigenvalue weighted by Crippen LogP contribution is 2.48. The summed E-state index contributed by atoms with van der Waals surface area (Å²) >= 11 is 0. The van der Waals surface area contributed by atoms with Crippen LogP contribution in [-0.2, 0) is 4.79 Å². The molecule has 1 aliphatic carbocycles. The molecule has 2 unspecified atom stereocenters. The number of benzene rings is 2. The largest absolute Gasteiger partial charge is 0.326 e. The number of piperidine rings is 1. The van der Waals surface area contributed by atoms with Gasteiger partial charge in [0.15, 0.2) is 0 Å². The maximum Gasteiger partial charge on any atom is 0.326 e. The second-order valence-electron chi connectivity index (χ2n) is 8.82. The second kappa shape index (κ2) is 8.23. The Morgan fingerprint density at radius 3 is 2.53 bits per heavy atom. The minimum absolute atomic E-state index is 0.00218. The van der Waals surface area contributed by atoms with Gasteiger partial charge in [0.1, 0.15) is 5.78 Å². The number of aromatic amines is 1. The van der Waals surface area contributed by atoms with Gasteiger partial charge in [0.05, 0.1) is 11.0 Å². The number of nitrogens with zero attached hydrogens (tertiary/aromatic N) is 2. The van der Waals surface area contributed by atoms with Crippen molar-refractivity contribution in [3.8, 4) is 0 Å². The predicted molar refractivity (Wildman–Crippen MR) is 119 cm³/mol. The molecule has 0 radical (unpaired) electrons. The minimum Gasteiger partial charge on any atom is -0.306 e. The number of Topliss-reactive ketones (excluding diaryl/α,β-unsaturated/α-hetero) is 1. The zero-order valence-electron chi connectivity index (χ0n) is 17.3. The molecule has 156 valence electrons. The Labute approximate surface area is 176 Å². The van der Waals surface area contributed by atoms with Crippen LogP contribution in [0, 0.1) is 5.92 Å². The van der Waals surface area contributed by atoms with Gasteiger partial charge in [-0.05, 0) is 55.8 Å². The van der Waals surface area contributed by atoms with Crippen LogP contribution in [0.5, 0.6) is 0 Å². The first-order chi connectivity index (χ1) is 14.7. The smallest absolute Gasteiger partial charge is 0.306 e. The summed E-state index contributed by atoms with van der Waals surface area (Å²) in [6.45, 7) is 2.95. The number of imidazole rings is 1. The molecule has 1 saturated heterocycles. The Morgan fingerprint density at radius 2 is 1.73 bits per heavy atom. The van der Waals surface area contributed by atoms with Gasteiger partial charge in [0.2, 0.25) is 0 Å². The van der Waals surface area contributed by atoms with E-state index in [2.05, 4.69) is 34.1 Å². The summed E-state index contributed by atoms with van der Waals surface area (Å²) in [6, 6.07) is 18.6. The van der Waals surface area contributed by atoms with Gasteiger partial charge in [-0.3, -0.25) is 9.36 Å². The molecule has 2 aromatic carbocycles. The van der Waals surface area contributed by atoms with Crippen molar-refractivity contribution in [1.29, 1.82) is 0 Å². The van der Waals surface area contributed by atoms with E-state index in [1.165, 1.54) is 5.56 Å². The first kappa shape index (κ1) is 19.3. The van der Waals surface area contributed by atoms with Crippen molar-refractivity contribution in [2.45, 2.75) is 44.1 Å². The van der Waals surface area contributed by atoms with E-state index in [-0.39, 0.29) is 17.6 Å².